The second-order valence-corrected chi connectivity index (χ2v) is 6.23. The van der Waals surface area contributed by atoms with E-state index in [0.29, 0.717) is 0 Å². The third kappa shape index (κ3) is 3.50. The van der Waals surface area contributed by atoms with Gasteiger partial charge in [-0.3, -0.25) is 0 Å². The molecule has 0 saturated heterocycles. The maximum atomic E-state index is 12.9. The van der Waals surface area contributed by atoms with Crippen LogP contribution in [0.3, 0.4) is 0 Å². The van der Waals surface area contributed by atoms with Crippen molar-refractivity contribution < 1.29 is 14.0 Å². The average Bonchev–Trinajstić information content (AvgIpc) is 2.17. The van der Waals surface area contributed by atoms with Crippen LogP contribution in [0.2, 0.25) is 0 Å². The second-order valence-electron chi connectivity index (χ2n) is 4.30. The molecule has 0 aliphatic rings. The highest BCUT2D eigenvalue weighted by atomic mass is 32.2. The van der Waals surface area contributed by atoms with E-state index in [0.717, 1.165) is 12.1 Å². The summed E-state index contributed by atoms with van der Waals surface area (Å²) >= 11 is -1.42. The lowest BCUT2D eigenvalue weighted by Gasteiger charge is -2.17. The van der Waals surface area contributed by atoms with Crippen LogP contribution in [-0.4, -0.2) is 20.6 Å². The first kappa shape index (κ1) is 13.0. The van der Waals surface area contributed by atoms with Crippen molar-refractivity contribution in [1.82, 2.24) is 0 Å². The SMILES string of the molecule is CC(C)(C)[S+]([O-])N=Cc1cc(F)ccc1O. The summed E-state index contributed by atoms with van der Waals surface area (Å²) in [6.07, 6.45) is 1.22. The molecule has 1 aromatic carbocycles. The summed E-state index contributed by atoms with van der Waals surface area (Å²) in [6.45, 7) is 5.35. The number of aromatic hydroxyl groups is 1. The van der Waals surface area contributed by atoms with E-state index in [-0.39, 0.29) is 11.3 Å². The number of hydrogen-bond donors (Lipinski definition) is 1. The van der Waals surface area contributed by atoms with Gasteiger partial charge in [0.05, 0.1) is 6.21 Å². The zero-order valence-electron chi connectivity index (χ0n) is 9.40. The Morgan fingerprint density at radius 2 is 2.06 bits per heavy atom. The van der Waals surface area contributed by atoms with Crippen LogP contribution < -0.4 is 0 Å². The molecule has 0 amide bonds. The summed E-state index contributed by atoms with van der Waals surface area (Å²) in [5.41, 5.74) is 0.220. The van der Waals surface area contributed by atoms with Crippen LogP contribution in [0.5, 0.6) is 5.75 Å². The summed E-state index contributed by atoms with van der Waals surface area (Å²) in [6, 6.07) is 3.52. The van der Waals surface area contributed by atoms with Crippen LogP contribution in [0, 0.1) is 5.82 Å². The van der Waals surface area contributed by atoms with Gasteiger partial charge >= 0.3 is 0 Å². The van der Waals surface area contributed by atoms with Gasteiger partial charge in [0.2, 0.25) is 0 Å². The van der Waals surface area contributed by atoms with Gasteiger partial charge in [-0.1, -0.05) is 4.40 Å². The van der Waals surface area contributed by atoms with E-state index in [9.17, 15) is 14.0 Å². The standard InChI is InChI=1S/C11H14FNO2S/c1-11(2,3)16(15)13-7-8-6-9(12)4-5-10(8)14/h4-7,14H,1-3H3. The molecule has 1 rings (SSSR count). The molecule has 1 aromatic rings. The van der Waals surface area contributed by atoms with Crippen molar-refractivity contribution in [3.8, 4) is 5.75 Å². The molecule has 0 aromatic heterocycles. The van der Waals surface area contributed by atoms with Crippen molar-refractivity contribution in [2.45, 2.75) is 25.5 Å². The van der Waals surface area contributed by atoms with Crippen LogP contribution >= 0.6 is 0 Å². The van der Waals surface area contributed by atoms with E-state index >= 15 is 0 Å². The molecular formula is C11H14FNO2S. The smallest absolute Gasteiger partial charge is 0.144 e. The Bertz CT molecular complexity index is 401. The molecule has 0 radical (unpaired) electrons. The van der Waals surface area contributed by atoms with Gasteiger partial charge in [0.25, 0.3) is 0 Å². The number of nitrogens with zero attached hydrogens (tertiary/aromatic N) is 1. The fraction of sp³-hybridized carbons (Fsp3) is 0.364. The van der Waals surface area contributed by atoms with Crippen LogP contribution in [0.25, 0.3) is 0 Å². The van der Waals surface area contributed by atoms with Gasteiger partial charge in [0.15, 0.2) is 0 Å². The van der Waals surface area contributed by atoms with Gasteiger partial charge in [-0.25, -0.2) is 4.39 Å². The first-order valence-corrected chi connectivity index (χ1v) is 5.86. The molecule has 0 heterocycles. The average molecular weight is 243 g/mol. The zero-order chi connectivity index (χ0) is 12.3. The molecule has 5 heteroatoms. The Kier molecular flexibility index (Phi) is 3.93. The van der Waals surface area contributed by atoms with E-state index in [2.05, 4.69) is 4.40 Å². The minimum absolute atomic E-state index is 0.0870. The maximum absolute atomic E-state index is 12.9. The van der Waals surface area contributed by atoms with Crippen molar-refractivity contribution >= 4 is 17.6 Å². The summed E-state index contributed by atoms with van der Waals surface area (Å²) in [7, 11) is 0. The Hall–Kier alpha value is -1.07. The molecule has 0 fully saturated rings. The quantitative estimate of drug-likeness (QED) is 0.640. The topological polar surface area (TPSA) is 55.7 Å². The van der Waals surface area contributed by atoms with Crippen molar-refractivity contribution in [2.75, 3.05) is 0 Å². The maximum Gasteiger partial charge on any atom is 0.144 e. The monoisotopic (exact) mass is 243 g/mol. The largest absolute Gasteiger partial charge is 0.591 e. The van der Waals surface area contributed by atoms with E-state index < -0.39 is 21.9 Å². The Morgan fingerprint density at radius 3 is 2.62 bits per heavy atom. The van der Waals surface area contributed by atoms with Crippen LogP contribution in [0.1, 0.15) is 26.3 Å². The van der Waals surface area contributed by atoms with Crippen molar-refractivity contribution in [3.63, 3.8) is 0 Å². The number of benzene rings is 1. The van der Waals surface area contributed by atoms with Gasteiger partial charge in [0.1, 0.15) is 27.7 Å². The molecule has 0 bridgehead atoms. The molecule has 1 atom stereocenters. The fourth-order valence-corrected chi connectivity index (χ4v) is 1.42. The van der Waals surface area contributed by atoms with E-state index in [4.69, 9.17) is 0 Å². The number of rotatable bonds is 2. The molecule has 1 unspecified atom stereocenters. The van der Waals surface area contributed by atoms with E-state index in [1.54, 1.807) is 20.8 Å². The predicted octanol–water partition coefficient (Wildman–Crippen LogP) is 2.41. The molecular weight excluding hydrogens is 229 g/mol. The third-order valence-electron chi connectivity index (χ3n) is 1.80. The summed E-state index contributed by atoms with van der Waals surface area (Å²) in [5.74, 6) is -0.558. The minimum atomic E-state index is -1.42. The highest BCUT2D eigenvalue weighted by Gasteiger charge is 2.25. The number of halogens is 1. The molecule has 88 valence electrons. The Balaban J connectivity index is 2.88. The fourth-order valence-electron chi connectivity index (χ4n) is 0.892. The van der Waals surface area contributed by atoms with Crippen molar-refractivity contribution in [3.05, 3.63) is 29.6 Å². The summed E-state index contributed by atoms with van der Waals surface area (Å²) in [4.78, 5) is 0. The van der Waals surface area contributed by atoms with E-state index in [1.165, 1.54) is 12.3 Å². The minimum Gasteiger partial charge on any atom is -0.591 e. The first-order valence-electron chi connectivity index (χ1n) is 4.75. The van der Waals surface area contributed by atoms with Gasteiger partial charge in [0, 0.05) is 5.56 Å². The third-order valence-corrected chi connectivity index (χ3v) is 3.15. The summed E-state index contributed by atoms with van der Waals surface area (Å²) in [5, 5.41) is 9.39. The van der Waals surface area contributed by atoms with Crippen molar-refractivity contribution in [2.24, 2.45) is 4.40 Å². The molecule has 0 spiro atoms. The van der Waals surface area contributed by atoms with Crippen LogP contribution in [0.15, 0.2) is 22.6 Å². The van der Waals surface area contributed by atoms with Gasteiger partial charge in [-0.2, -0.15) is 0 Å². The molecule has 1 N–H and O–H groups in total. The van der Waals surface area contributed by atoms with Crippen LogP contribution in [0.4, 0.5) is 4.39 Å². The number of hydrogen-bond acceptors (Lipinski definition) is 3. The number of phenols is 1. The van der Waals surface area contributed by atoms with Crippen molar-refractivity contribution in [1.29, 1.82) is 0 Å². The lowest BCUT2D eigenvalue weighted by atomic mass is 10.2. The Morgan fingerprint density at radius 1 is 1.44 bits per heavy atom. The first-order chi connectivity index (χ1) is 7.30. The number of phenolic OH excluding ortho intramolecular Hbond substituents is 1. The second kappa shape index (κ2) is 4.84. The van der Waals surface area contributed by atoms with Gasteiger partial charge < -0.3 is 9.66 Å². The molecule has 16 heavy (non-hydrogen) atoms. The summed E-state index contributed by atoms with van der Waals surface area (Å²) < 4.78 is 27.7. The molecule has 0 aliphatic carbocycles. The van der Waals surface area contributed by atoms with Gasteiger partial charge in [-0.05, 0) is 39.0 Å². The molecule has 3 nitrogen and oxygen atoms in total. The lowest BCUT2D eigenvalue weighted by Crippen LogP contribution is -2.25. The highest BCUT2D eigenvalue weighted by molar-refractivity contribution is 7.91. The molecule has 0 saturated carbocycles. The molecule has 0 aliphatic heterocycles. The highest BCUT2D eigenvalue weighted by Crippen LogP contribution is 2.19. The normalized spacial score (nSPS) is 14.3. The van der Waals surface area contributed by atoms with Crippen LogP contribution in [-0.2, 0) is 11.4 Å². The van der Waals surface area contributed by atoms with E-state index in [1.807, 2.05) is 0 Å². The predicted molar refractivity (Wildman–Crippen MR) is 63.6 cm³/mol. The zero-order valence-corrected chi connectivity index (χ0v) is 10.2. The Labute approximate surface area is 97.3 Å². The lowest BCUT2D eigenvalue weighted by molar-refractivity contribution is 0.472. The van der Waals surface area contributed by atoms with Gasteiger partial charge in [-0.15, -0.1) is 0 Å².